The van der Waals surface area contributed by atoms with E-state index in [0.29, 0.717) is 6.54 Å². The van der Waals surface area contributed by atoms with Crippen LogP contribution in [0.3, 0.4) is 0 Å². The summed E-state index contributed by atoms with van der Waals surface area (Å²) in [5.41, 5.74) is 11.5. The predicted molar refractivity (Wildman–Crippen MR) is 119 cm³/mol. The summed E-state index contributed by atoms with van der Waals surface area (Å²) < 4.78 is 0. The van der Waals surface area contributed by atoms with Gasteiger partial charge in [0.15, 0.2) is 0 Å². The molecule has 4 heteroatoms. The topological polar surface area (TPSA) is 53.1 Å². The van der Waals surface area contributed by atoms with Crippen molar-refractivity contribution in [1.82, 2.24) is 15.4 Å². The quantitative estimate of drug-likeness (QED) is 0.457. The SMILES string of the molecule is C=C(C)CN/N=C1\CC(C)(C)Cc2nc(CCC)c3c([nH]c4ccccc43)c21. The molecule has 1 aromatic carbocycles. The Balaban J connectivity index is 1.99. The Morgan fingerprint density at radius 3 is 2.82 bits per heavy atom. The average Bonchev–Trinajstić information content (AvgIpc) is 2.99. The van der Waals surface area contributed by atoms with Crippen molar-refractivity contribution in [2.45, 2.75) is 53.4 Å². The van der Waals surface area contributed by atoms with Gasteiger partial charge in [-0.05, 0) is 37.7 Å². The van der Waals surface area contributed by atoms with Crippen molar-refractivity contribution >= 4 is 27.5 Å². The molecule has 0 unspecified atom stereocenters. The molecule has 0 aliphatic heterocycles. The van der Waals surface area contributed by atoms with Gasteiger partial charge in [-0.2, -0.15) is 5.10 Å². The molecule has 0 fully saturated rings. The van der Waals surface area contributed by atoms with Gasteiger partial charge in [-0.3, -0.25) is 4.98 Å². The van der Waals surface area contributed by atoms with Crippen LogP contribution >= 0.6 is 0 Å². The molecule has 28 heavy (non-hydrogen) atoms. The molecule has 0 saturated carbocycles. The standard InChI is InChI=1S/C24H30N4/c1-6-9-18-21-16-10-7-8-11-17(16)27-23(21)22-19(26-18)12-24(4,5)13-20(22)28-25-14-15(2)3/h7-8,10-11,25,27H,2,6,9,12-14H2,1,3-5H3/b28-20+. The molecule has 0 atom stereocenters. The number of pyridine rings is 1. The van der Waals surface area contributed by atoms with Crippen molar-refractivity contribution in [3.8, 4) is 0 Å². The van der Waals surface area contributed by atoms with Crippen LogP contribution in [-0.2, 0) is 12.8 Å². The zero-order valence-electron chi connectivity index (χ0n) is 17.4. The molecule has 0 amide bonds. The number of nitrogens with zero attached hydrogens (tertiary/aromatic N) is 2. The van der Waals surface area contributed by atoms with Crippen molar-refractivity contribution in [1.29, 1.82) is 0 Å². The number of benzene rings is 1. The van der Waals surface area contributed by atoms with E-state index in [-0.39, 0.29) is 5.41 Å². The summed E-state index contributed by atoms with van der Waals surface area (Å²) in [5, 5.41) is 7.33. The molecule has 2 heterocycles. The van der Waals surface area contributed by atoms with Gasteiger partial charge in [0.1, 0.15) is 0 Å². The van der Waals surface area contributed by atoms with Gasteiger partial charge in [0.25, 0.3) is 0 Å². The molecule has 4 rings (SSSR count). The van der Waals surface area contributed by atoms with Crippen LogP contribution in [0, 0.1) is 5.41 Å². The predicted octanol–water partition coefficient (Wildman–Crippen LogP) is 5.51. The molecule has 0 saturated heterocycles. The van der Waals surface area contributed by atoms with Crippen LogP contribution in [0.1, 0.15) is 57.5 Å². The van der Waals surface area contributed by atoms with Crippen LogP contribution in [0.2, 0.25) is 0 Å². The van der Waals surface area contributed by atoms with E-state index >= 15 is 0 Å². The van der Waals surface area contributed by atoms with E-state index in [1.165, 1.54) is 38.8 Å². The van der Waals surface area contributed by atoms with E-state index in [4.69, 9.17) is 10.1 Å². The molecule has 146 valence electrons. The third-order valence-corrected chi connectivity index (χ3v) is 5.47. The van der Waals surface area contributed by atoms with Crippen molar-refractivity contribution in [3.05, 3.63) is 53.4 Å². The van der Waals surface area contributed by atoms with Gasteiger partial charge >= 0.3 is 0 Å². The highest BCUT2D eigenvalue weighted by molar-refractivity contribution is 6.18. The minimum absolute atomic E-state index is 0.146. The van der Waals surface area contributed by atoms with Gasteiger partial charge < -0.3 is 10.4 Å². The minimum Gasteiger partial charge on any atom is -0.354 e. The van der Waals surface area contributed by atoms with E-state index in [9.17, 15) is 0 Å². The first-order valence-electron chi connectivity index (χ1n) is 10.3. The summed E-state index contributed by atoms with van der Waals surface area (Å²) in [5.74, 6) is 0. The lowest BCUT2D eigenvalue weighted by molar-refractivity contribution is 0.367. The lowest BCUT2D eigenvalue weighted by Crippen LogP contribution is -2.30. The van der Waals surface area contributed by atoms with Gasteiger partial charge in [0.2, 0.25) is 0 Å². The maximum atomic E-state index is 5.20. The number of fused-ring (bicyclic) bond motifs is 5. The maximum Gasteiger partial charge on any atom is 0.0720 e. The van der Waals surface area contributed by atoms with Crippen LogP contribution < -0.4 is 5.43 Å². The molecular weight excluding hydrogens is 344 g/mol. The first-order valence-corrected chi connectivity index (χ1v) is 10.3. The first kappa shape index (κ1) is 18.7. The Hall–Kier alpha value is -2.62. The number of aromatic nitrogens is 2. The van der Waals surface area contributed by atoms with E-state index in [0.717, 1.165) is 37.0 Å². The zero-order chi connectivity index (χ0) is 19.9. The van der Waals surface area contributed by atoms with Gasteiger partial charge in [-0.15, -0.1) is 0 Å². The van der Waals surface area contributed by atoms with Gasteiger partial charge in [0.05, 0.1) is 29.2 Å². The molecule has 0 radical (unpaired) electrons. The molecule has 1 aliphatic carbocycles. The van der Waals surface area contributed by atoms with Crippen molar-refractivity contribution in [3.63, 3.8) is 0 Å². The van der Waals surface area contributed by atoms with E-state index < -0.39 is 0 Å². The second-order valence-corrected chi connectivity index (χ2v) is 8.92. The highest BCUT2D eigenvalue weighted by Gasteiger charge is 2.33. The molecule has 0 spiro atoms. The van der Waals surface area contributed by atoms with Gasteiger partial charge in [0, 0.05) is 21.9 Å². The van der Waals surface area contributed by atoms with Crippen LogP contribution in [0.15, 0.2) is 41.5 Å². The summed E-state index contributed by atoms with van der Waals surface area (Å²) in [7, 11) is 0. The fraction of sp³-hybridized carbons (Fsp3) is 0.417. The summed E-state index contributed by atoms with van der Waals surface area (Å²) >= 11 is 0. The van der Waals surface area contributed by atoms with Crippen LogP contribution in [0.5, 0.6) is 0 Å². The van der Waals surface area contributed by atoms with Crippen LogP contribution in [-0.4, -0.2) is 22.2 Å². The van der Waals surface area contributed by atoms with Crippen molar-refractivity contribution < 1.29 is 0 Å². The molecular formula is C24H30N4. The Morgan fingerprint density at radius 1 is 1.29 bits per heavy atom. The largest absolute Gasteiger partial charge is 0.354 e. The van der Waals surface area contributed by atoms with E-state index in [1.54, 1.807) is 0 Å². The Kier molecular flexibility index (Phi) is 4.74. The zero-order valence-corrected chi connectivity index (χ0v) is 17.4. The Bertz CT molecular complexity index is 1080. The van der Waals surface area contributed by atoms with Gasteiger partial charge in [-0.1, -0.05) is 57.5 Å². The number of aryl methyl sites for hydroxylation is 1. The van der Waals surface area contributed by atoms with E-state index in [1.807, 2.05) is 6.92 Å². The lowest BCUT2D eigenvalue weighted by atomic mass is 9.74. The molecule has 3 aromatic rings. The van der Waals surface area contributed by atoms with Crippen molar-refractivity contribution in [2.75, 3.05) is 6.54 Å². The Morgan fingerprint density at radius 2 is 2.07 bits per heavy atom. The maximum absolute atomic E-state index is 5.20. The summed E-state index contributed by atoms with van der Waals surface area (Å²) in [6, 6.07) is 8.55. The summed E-state index contributed by atoms with van der Waals surface area (Å²) in [6.45, 7) is 13.5. The number of aromatic amines is 1. The summed E-state index contributed by atoms with van der Waals surface area (Å²) in [6.07, 6.45) is 3.99. The van der Waals surface area contributed by atoms with Gasteiger partial charge in [-0.25, -0.2) is 0 Å². The Labute approximate surface area is 167 Å². The fourth-order valence-corrected chi connectivity index (χ4v) is 4.33. The first-order chi connectivity index (χ1) is 13.4. The normalized spacial score (nSPS) is 17.2. The molecule has 1 aliphatic rings. The fourth-order valence-electron chi connectivity index (χ4n) is 4.33. The monoisotopic (exact) mass is 374 g/mol. The minimum atomic E-state index is 0.146. The second-order valence-electron chi connectivity index (χ2n) is 8.92. The number of hydrazone groups is 1. The van der Waals surface area contributed by atoms with Crippen molar-refractivity contribution in [2.24, 2.45) is 10.5 Å². The smallest absolute Gasteiger partial charge is 0.0720 e. The number of hydrogen-bond acceptors (Lipinski definition) is 3. The number of rotatable bonds is 5. The van der Waals surface area contributed by atoms with Crippen LogP contribution in [0.4, 0.5) is 0 Å². The van der Waals surface area contributed by atoms with Crippen LogP contribution in [0.25, 0.3) is 21.8 Å². The number of H-pyrrole nitrogens is 1. The molecule has 0 bridgehead atoms. The average molecular weight is 375 g/mol. The second kappa shape index (κ2) is 7.08. The molecule has 2 aromatic heterocycles. The lowest BCUT2D eigenvalue weighted by Gasteiger charge is -2.32. The number of para-hydroxylation sites is 1. The number of hydrogen-bond donors (Lipinski definition) is 2. The molecule has 2 N–H and O–H groups in total. The van der Waals surface area contributed by atoms with E-state index in [2.05, 4.69) is 62.0 Å². The summed E-state index contributed by atoms with van der Waals surface area (Å²) in [4.78, 5) is 8.89. The highest BCUT2D eigenvalue weighted by atomic mass is 15.3. The number of nitrogens with one attached hydrogen (secondary N) is 2. The third-order valence-electron chi connectivity index (χ3n) is 5.47. The third kappa shape index (κ3) is 3.32. The molecule has 4 nitrogen and oxygen atoms in total. The highest BCUT2D eigenvalue weighted by Crippen LogP contribution is 2.40.